The molecule has 1 aliphatic rings. The number of oxime groups is 1. The zero-order chi connectivity index (χ0) is 16.3. The molecule has 0 spiro atoms. The van der Waals surface area contributed by atoms with Crippen LogP contribution in [0, 0.1) is 0 Å². The summed E-state index contributed by atoms with van der Waals surface area (Å²) >= 11 is 0. The Balaban J connectivity index is 2.07. The lowest BCUT2D eigenvalue weighted by Gasteiger charge is -2.19. The second-order valence-corrected chi connectivity index (χ2v) is 5.55. The van der Waals surface area contributed by atoms with Crippen LogP contribution in [0.25, 0.3) is 0 Å². The first-order chi connectivity index (χ1) is 10.2. The first kappa shape index (κ1) is 16.0. The number of benzene rings is 1. The van der Waals surface area contributed by atoms with Gasteiger partial charge >= 0.3 is 12.7 Å². The summed E-state index contributed by atoms with van der Waals surface area (Å²) in [4.78, 5) is 15.6. The molecule has 2 rings (SSSR count). The van der Waals surface area contributed by atoms with Gasteiger partial charge in [0.2, 0.25) is 0 Å². The number of carbonyl (C=O) groups is 1. The predicted octanol–water partition coefficient (Wildman–Crippen LogP) is 3.46. The summed E-state index contributed by atoms with van der Waals surface area (Å²) in [6, 6.07) is 4.85. The molecule has 0 aliphatic carbocycles. The monoisotopic (exact) mass is 314 g/mol. The molecule has 0 aromatic heterocycles. The summed E-state index contributed by atoms with van der Waals surface area (Å²) in [5.74, 6) is -0.0147. The van der Waals surface area contributed by atoms with Gasteiger partial charge in [-0.2, -0.15) is 8.78 Å². The van der Waals surface area contributed by atoms with Crippen molar-refractivity contribution in [2.75, 3.05) is 5.32 Å². The quantitative estimate of drug-likeness (QED) is 0.867. The van der Waals surface area contributed by atoms with Crippen molar-refractivity contribution in [1.82, 2.24) is 0 Å². The molecular formula is C14H16F2N2O4. The Bertz CT molecular complexity index is 597. The van der Waals surface area contributed by atoms with Crippen molar-refractivity contribution in [1.29, 1.82) is 0 Å². The zero-order valence-corrected chi connectivity index (χ0v) is 12.4. The second-order valence-electron chi connectivity index (χ2n) is 5.55. The average molecular weight is 314 g/mol. The number of amides is 1. The molecule has 1 aromatic rings. The maximum Gasteiger partial charge on any atom is 0.412 e. The fraction of sp³-hybridized carbons (Fsp3) is 0.429. The molecule has 0 fully saturated rings. The molecule has 0 saturated carbocycles. The summed E-state index contributed by atoms with van der Waals surface area (Å²) in [5, 5.41) is 5.82. The molecule has 1 N–H and O–H groups in total. The highest BCUT2D eigenvalue weighted by Gasteiger charge is 2.22. The molecule has 6 nitrogen and oxygen atoms in total. The van der Waals surface area contributed by atoms with Gasteiger partial charge in [-0.15, -0.1) is 0 Å². The van der Waals surface area contributed by atoms with E-state index in [2.05, 4.69) is 15.3 Å². The summed E-state index contributed by atoms with van der Waals surface area (Å²) in [6.07, 6.45) is -0.582. The number of carbonyl (C=O) groups excluding carboxylic acids is 1. The minimum atomic E-state index is -3.01. The van der Waals surface area contributed by atoms with Crippen LogP contribution in [0.5, 0.6) is 0 Å². The van der Waals surface area contributed by atoms with E-state index in [9.17, 15) is 13.6 Å². The third-order valence-corrected chi connectivity index (χ3v) is 2.56. The largest absolute Gasteiger partial charge is 0.470 e. The van der Waals surface area contributed by atoms with Crippen molar-refractivity contribution in [2.24, 2.45) is 5.16 Å². The Morgan fingerprint density at radius 3 is 2.77 bits per heavy atom. The fourth-order valence-electron chi connectivity index (χ4n) is 1.81. The highest BCUT2D eigenvalue weighted by molar-refractivity contribution is 5.98. The second kappa shape index (κ2) is 6.17. The number of ether oxygens (including phenoxy) is 2. The first-order valence-electron chi connectivity index (χ1n) is 6.53. The zero-order valence-electron chi connectivity index (χ0n) is 12.4. The molecule has 0 bridgehead atoms. The van der Waals surface area contributed by atoms with Gasteiger partial charge in [0.15, 0.2) is 0 Å². The van der Waals surface area contributed by atoms with Gasteiger partial charge in [0.25, 0.3) is 5.90 Å². The molecule has 22 heavy (non-hydrogen) atoms. The van der Waals surface area contributed by atoms with Gasteiger partial charge in [-0.05, 0) is 44.1 Å². The molecule has 1 amide bonds. The SMILES string of the molecule is CC(C)(C)OC(=O)Nc1ccc2c(c1)CO/C2=N\OC(F)F. The summed E-state index contributed by atoms with van der Waals surface area (Å²) in [5.41, 5.74) is 1.14. The van der Waals surface area contributed by atoms with Crippen molar-refractivity contribution in [2.45, 2.75) is 39.6 Å². The van der Waals surface area contributed by atoms with E-state index in [1.54, 1.807) is 39.0 Å². The number of rotatable bonds is 3. The molecule has 0 atom stereocenters. The van der Waals surface area contributed by atoms with E-state index in [1.807, 2.05) is 0 Å². The molecule has 0 unspecified atom stereocenters. The smallest absolute Gasteiger partial charge is 0.412 e. The minimum Gasteiger partial charge on any atom is -0.470 e. The van der Waals surface area contributed by atoms with E-state index < -0.39 is 18.3 Å². The van der Waals surface area contributed by atoms with Gasteiger partial charge in [0.1, 0.15) is 12.2 Å². The third-order valence-electron chi connectivity index (χ3n) is 2.56. The van der Waals surface area contributed by atoms with E-state index >= 15 is 0 Å². The Morgan fingerprint density at radius 1 is 1.41 bits per heavy atom. The number of nitrogens with one attached hydrogen (secondary N) is 1. The van der Waals surface area contributed by atoms with Crippen LogP contribution >= 0.6 is 0 Å². The standard InChI is InChI=1S/C14H16F2N2O4/c1-14(2,3)21-13(19)17-9-4-5-10-8(6-9)7-20-11(10)18-22-12(15)16/h4-6,12H,7H2,1-3H3,(H,17,19)/b18-11-. The van der Waals surface area contributed by atoms with Crippen molar-refractivity contribution >= 4 is 17.7 Å². The first-order valence-corrected chi connectivity index (χ1v) is 6.53. The molecule has 1 aromatic carbocycles. The van der Waals surface area contributed by atoms with E-state index in [0.717, 1.165) is 0 Å². The Hall–Kier alpha value is -2.38. The molecule has 1 heterocycles. The van der Waals surface area contributed by atoms with E-state index in [0.29, 0.717) is 16.8 Å². The topological polar surface area (TPSA) is 69.2 Å². The van der Waals surface area contributed by atoms with Gasteiger partial charge in [-0.1, -0.05) is 0 Å². The number of anilines is 1. The lowest BCUT2D eigenvalue weighted by Crippen LogP contribution is -2.27. The van der Waals surface area contributed by atoms with Gasteiger partial charge < -0.3 is 14.3 Å². The lowest BCUT2D eigenvalue weighted by atomic mass is 10.1. The van der Waals surface area contributed by atoms with Crippen LogP contribution < -0.4 is 5.32 Å². The van der Waals surface area contributed by atoms with Crippen LogP contribution in [0.4, 0.5) is 19.3 Å². The van der Waals surface area contributed by atoms with Gasteiger partial charge in [-0.25, -0.2) is 4.79 Å². The maximum absolute atomic E-state index is 12.0. The Labute approximate surface area is 126 Å². The summed E-state index contributed by atoms with van der Waals surface area (Å²) in [7, 11) is 0. The Kier molecular flexibility index (Phi) is 4.48. The van der Waals surface area contributed by atoms with Crippen molar-refractivity contribution in [3.8, 4) is 0 Å². The average Bonchev–Trinajstić information content (AvgIpc) is 2.76. The van der Waals surface area contributed by atoms with Crippen molar-refractivity contribution < 1.29 is 27.9 Å². The number of nitrogens with zero attached hydrogens (tertiary/aromatic N) is 1. The molecule has 1 aliphatic heterocycles. The highest BCUT2D eigenvalue weighted by Crippen LogP contribution is 2.24. The van der Waals surface area contributed by atoms with E-state index in [-0.39, 0.29) is 12.5 Å². The summed E-state index contributed by atoms with van der Waals surface area (Å²) in [6.45, 7) is 2.43. The molecular weight excluding hydrogens is 298 g/mol. The Morgan fingerprint density at radius 2 is 2.14 bits per heavy atom. The molecule has 0 saturated heterocycles. The minimum absolute atomic E-state index is 0.0147. The van der Waals surface area contributed by atoms with E-state index in [4.69, 9.17) is 9.47 Å². The van der Waals surface area contributed by atoms with Crippen LogP contribution in [0.1, 0.15) is 31.9 Å². The van der Waals surface area contributed by atoms with Crippen LogP contribution in [0.15, 0.2) is 23.4 Å². The van der Waals surface area contributed by atoms with Gasteiger partial charge in [-0.3, -0.25) is 5.32 Å². The highest BCUT2D eigenvalue weighted by atomic mass is 19.3. The lowest BCUT2D eigenvalue weighted by molar-refractivity contribution is -0.129. The van der Waals surface area contributed by atoms with Crippen LogP contribution in [0.3, 0.4) is 0 Å². The molecule has 120 valence electrons. The number of hydrogen-bond donors (Lipinski definition) is 1. The van der Waals surface area contributed by atoms with Crippen molar-refractivity contribution in [3.63, 3.8) is 0 Å². The van der Waals surface area contributed by atoms with Crippen LogP contribution in [0.2, 0.25) is 0 Å². The number of fused-ring (bicyclic) bond motifs is 1. The normalized spacial score (nSPS) is 15.5. The van der Waals surface area contributed by atoms with Gasteiger partial charge in [0.05, 0.1) is 0 Å². The van der Waals surface area contributed by atoms with Crippen LogP contribution in [-0.2, 0) is 20.9 Å². The maximum atomic E-state index is 12.0. The van der Waals surface area contributed by atoms with Crippen molar-refractivity contribution in [3.05, 3.63) is 29.3 Å². The summed E-state index contributed by atoms with van der Waals surface area (Å²) < 4.78 is 34.2. The number of hydrogen-bond acceptors (Lipinski definition) is 5. The fourth-order valence-corrected chi connectivity index (χ4v) is 1.81. The van der Waals surface area contributed by atoms with E-state index in [1.165, 1.54) is 0 Å². The number of alkyl halides is 2. The third kappa shape index (κ3) is 4.31. The predicted molar refractivity (Wildman–Crippen MR) is 74.7 cm³/mol. The number of halogens is 2. The molecule has 8 heteroatoms. The van der Waals surface area contributed by atoms with Gasteiger partial charge in [0, 0.05) is 16.8 Å². The molecule has 0 radical (unpaired) electrons. The van der Waals surface area contributed by atoms with Crippen LogP contribution in [-0.4, -0.2) is 24.2 Å².